The quantitative estimate of drug-likeness (QED) is 0.617. The van der Waals surface area contributed by atoms with E-state index in [0.29, 0.717) is 24.8 Å². The van der Waals surface area contributed by atoms with Crippen molar-refractivity contribution in [3.63, 3.8) is 0 Å². The smallest absolute Gasteiger partial charge is 0.333 e. The Kier molecular flexibility index (Phi) is 5.10. The second-order valence-electron chi connectivity index (χ2n) is 8.12. The molecule has 2 fully saturated rings. The van der Waals surface area contributed by atoms with Gasteiger partial charge in [-0.2, -0.15) is 0 Å². The molecule has 0 aromatic carbocycles. The largest absolute Gasteiger partial charge is 0.456 e. The van der Waals surface area contributed by atoms with Crippen molar-refractivity contribution in [2.24, 2.45) is 11.3 Å². The molecule has 0 aromatic heterocycles. The second-order valence-corrected chi connectivity index (χ2v) is 8.12. The molecule has 134 valence electrons. The molecular weight excluding hydrogens is 304 g/mol. The Hall–Kier alpha value is -1.42. The summed E-state index contributed by atoms with van der Waals surface area (Å²) in [4.78, 5) is 24.6. The zero-order chi connectivity index (χ0) is 18.3. The lowest BCUT2D eigenvalue weighted by atomic mass is 9.53. The van der Waals surface area contributed by atoms with Gasteiger partial charge in [0.05, 0.1) is 0 Å². The van der Waals surface area contributed by atoms with E-state index in [-0.39, 0.29) is 23.1 Å². The number of Topliss-reactive ketones (excluding diaryl/α,β-unsaturated/α-hetero) is 1. The van der Waals surface area contributed by atoms with Gasteiger partial charge in [0.25, 0.3) is 0 Å². The maximum absolute atomic E-state index is 12.5. The number of fused-ring (bicyclic) bond motifs is 1. The first-order chi connectivity index (χ1) is 11.0. The molecule has 2 saturated carbocycles. The highest BCUT2D eigenvalue weighted by molar-refractivity contribution is 5.97. The average molecular weight is 334 g/mol. The van der Waals surface area contributed by atoms with E-state index in [1.54, 1.807) is 26.8 Å². The van der Waals surface area contributed by atoms with Crippen molar-refractivity contribution < 1.29 is 19.4 Å². The standard InChI is InChI=1S/C20H30O4/c1-7-13(4)18(22)24-17-8-9-19(5)11-15(21)14(12(2)3)10-16(19)20(17,6)23/h7,16-17,23H,8-11H2,1-6H3/b13-7-/t16-,17+,19-,20-/m0/s1. The van der Waals surface area contributed by atoms with Gasteiger partial charge in [-0.15, -0.1) is 0 Å². The Morgan fingerprint density at radius 2 is 1.92 bits per heavy atom. The lowest BCUT2D eigenvalue weighted by Crippen LogP contribution is -2.59. The third-order valence-electron chi connectivity index (χ3n) is 6.09. The van der Waals surface area contributed by atoms with E-state index < -0.39 is 11.7 Å². The molecule has 4 heteroatoms. The van der Waals surface area contributed by atoms with Gasteiger partial charge >= 0.3 is 5.97 Å². The fourth-order valence-corrected chi connectivity index (χ4v) is 4.31. The normalized spacial score (nSPS) is 37.0. The molecule has 0 spiro atoms. The Bertz CT molecular complexity index is 607. The third-order valence-corrected chi connectivity index (χ3v) is 6.09. The Morgan fingerprint density at radius 3 is 2.46 bits per heavy atom. The van der Waals surface area contributed by atoms with Crippen LogP contribution in [0.2, 0.25) is 0 Å². The van der Waals surface area contributed by atoms with Gasteiger partial charge in [-0.1, -0.05) is 18.6 Å². The van der Waals surface area contributed by atoms with E-state index >= 15 is 0 Å². The SMILES string of the molecule is C/C=C(/C)C(=O)O[C@@H]1CC[C@@]2(C)CC(=O)C(=C(C)C)C[C@@H]2[C@]1(C)O. The second kappa shape index (κ2) is 6.47. The number of aliphatic hydroxyl groups is 1. The maximum Gasteiger partial charge on any atom is 0.333 e. The summed E-state index contributed by atoms with van der Waals surface area (Å²) in [6.07, 6.45) is 3.56. The fraction of sp³-hybridized carbons (Fsp3) is 0.700. The van der Waals surface area contributed by atoms with Crippen molar-refractivity contribution in [3.8, 4) is 0 Å². The van der Waals surface area contributed by atoms with E-state index in [9.17, 15) is 14.7 Å². The number of rotatable bonds is 2. The summed E-state index contributed by atoms with van der Waals surface area (Å²) in [7, 11) is 0. The molecule has 2 rings (SSSR count). The number of carbonyl (C=O) groups excluding carboxylic acids is 2. The van der Waals surface area contributed by atoms with Gasteiger partial charge in [-0.25, -0.2) is 4.79 Å². The molecule has 1 N–H and O–H groups in total. The number of allylic oxidation sites excluding steroid dienone is 3. The van der Waals surface area contributed by atoms with Gasteiger partial charge in [0.1, 0.15) is 11.7 Å². The van der Waals surface area contributed by atoms with Crippen LogP contribution < -0.4 is 0 Å². The number of hydrogen-bond acceptors (Lipinski definition) is 4. The molecule has 0 aromatic rings. The molecule has 4 atom stereocenters. The van der Waals surface area contributed by atoms with Crippen LogP contribution in [0.4, 0.5) is 0 Å². The first-order valence-corrected chi connectivity index (χ1v) is 8.78. The summed E-state index contributed by atoms with van der Waals surface area (Å²) >= 11 is 0. The van der Waals surface area contributed by atoms with E-state index in [1.807, 2.05) is 13.8 Å². The van der Waals surface area contributed by atoms with Gasteiger partial charge in [-0.05, 0) is 64.9 Å². The minimum Gasteiger partial charge on any atom is -0.456 e. The molecular formula is C20H30O4. The molecule has 2 aliphatic rings. The predicted molar refractivity (Wildman–Crippen MR) is 93.4 cm³/mol. The van der Waals surface area contributed by atoms with Gasteiger partial charge < -0.3 is 9.84 Å². The summed E-state index contributed by atoms with van der Waals surface area (Å²) in [6.45, 7) is 11.2. The first kappa shape index (κ1) is 18.9. The Morgan fingerprint density at radius 1 is 1.29 bits per heavy atom. The van der Waals surface area contributed by atoms with Crippen LogP contribution in [0.3, 0.4) is 0 Å². The maximum atomic E-state index is 12.5. The Labute approximate surface area is 145 Å². The van der Waals surface area contributed by atoms with E-state index in [2.05, 4.69) is 6.92 Å². The molecule has 2 aliphatic carbocycles. The van der Waals surface area contributed by atoms with Gasteiger partial charge in [-0.3, -0.25) is 4.79 Å². The highest BCUT2D eigenvalue weighted by atomic mass is 16.6. The number of esters is 1. The summed E-state index contributed by atoms with van der Waals surface area (Å²) in [6, 6.07) is 0. The lowest BCUT2D eigenvalue weighted by molar-refractivity contribution is -0.197. The van der Waals surface area contributed by atoms with Crippen molar-refractivity contribution >= 4 is 11.8 Å². The topological polar surface area (TPSA) is 63.6 Å². The van der Waals surface area contributed by atoms with E-state index in [4.69, 9.17) is 4.74 Å². The molecule has 4 nitrogen and oxygen atoms in total. The molecule has 0 heterocycles. The highest BCUT2D eigenvalue weighted by Crippen LogP contribution is 2.55. The fourth-order valence-electron chi connectivity index (χ4n) is 4.31. The number of ether oxygens (including phenoxy) is 1. The van der Waals surface area contributed by atoms with Crippen LogP contribution in [0.15, 0.2) is 22.8 Å². The van der Waals surface area contributed by atoms with Crippen LogP contribution in [0.25, 0.3) is 0 Å². The predicted octanol–water partition coefficient (Wildman–Crippen LogP) is 3.73. The molecule has 24 heavy (non-hydrogen) atoms. The monoisotopic (exact) mass is 334 g/mol. The summed E-state index contributed by atoms with van der Waals surface area (Å²) in [5.41, 5.74) is 1.01. The van der Waals surface area contributed by atoms with Crippen molar-refractivity contribution in [1.82, 2.24) is 0 Å². The average Bonchev–Trinajstić information content (AvgIpc) is 2.48. The van der Waals surface area contributed by atoms with Crippen LogP contribution in [-0.2, 0) is 14.3 Å². The van der Waals surface area contributed by atoms with Crippen LogP contribution in [0.1, 0.15) is 67.2 Å². The third kappa shape index (κ3) is 3.21. The van der Waals surface area contributed by atoms with Crippen molar-refractivity contribution in [1.29, 1.82) is 0 Å². The summed E-state index contributed by atoms with van der Waals surface area (Å²) in [5.74, 6) is -0.268. The zero-order valence-corrected chi connectivity index (χ0v) is 15.7. The first-order valence-electron chi connectivity index (χ1n) is 8.78. The highest BCUT2D eigenvalue weighted by Gasteiger charge is 2.57. The molecule has 0 amide bonds. The lowest BCUT2D eigenvalue weighted by Gasteiger charge is -2.55. The van der Waals surface area contributed by atoms with Gasteiger partial charge in [0.15, 0.2) is 5.78 Å². The van der Waals surface area contributed by atoms with Crippen molar-refractivity contribution in [2.45, 2.75) is 78.9 Å². The van der Waals surface area contributed by atoms with Crippen molar-refractivity contribution in [3.05, 3.63) is 22.8 Å². The minimum atomic E-state index is -1.14. The van der Waals surface area contributed by atoms with Crippen LogP contribution in [0.5, 0.6) is 0 Å². The number of ketones is 1. The Balaban J connectivity index is 2.31. The number of hydrogen-bond donors (Lipinski definition) is 1. The zero-order valence-electron chi connectivity index (χ0n) is 15.7. The molecule has 0 radical (unpaired) electrons. The molecule has 0 unspecified atom stereocenters. The van der Waals surface area contributed by atoms with Crippen LogP contribution in [0, 0.1) is 11.3 Å². The van der Waals surface area contributed by atoms with E-state index in [1.165, 1.54) is 0 Å². The van der Waals surface area contributed by atoms with Crippen LogP contribution in [-0.4, -0.2) is 28.6 Å². The van der Waals surface area contributed by atoms with Gasteiger partial charge in [0.2, 0.25) is 0 Å². The summed E-state index contributed by atoms with van der Waals surface area (Å²) < 4.78 is 5.62. The van der Waals surface area contributed by atoms with Crippen molar-refractivity contribution in [2.75, 3.05) is 0 Å². The molecule has 0 bridgehead atoms. The number of carbonyl (C=O) groups is 2. The van der Waals surface area contributed by atoms with Gasteiger partial charge in [0, 0.05) is 17.9 Å². The molecule has 0 aliphatic heterocycles. The molecule has 0 saturated heterocycles. The summed E-state index contributed by atoms with van der Waals surface area (Å²) in [5, 5.41) is 11.3. The van der Waals surface area contributed by atoms with Crippen LogP contribution >= 0.6 is 0 Å². The van der Waals surface area contributed by atoms with E-state index in [0.717, 1.165) is 17.6 Å². The minimum absolute atomic E-state index is 0.0925.